The zero-order chi connectivity index (χ0) is 21.0. The van der Waals surface area contributed by atoms with E-state index in [1.807, 2.05) is 13.8 Å². The molecule has 0 bridgehead atoms. The van der Waals surface area contributed by atoms with E-state index in [0.717, 1.165) is 0 Å². The standard InChI is InChI=1S/C17H33N5O5/c1-10(2)8-13(15(19)25)22-16(26)12(6-4-5-7-18)21-17(27)14(9-23)20-11(3)24/h10,12-14,23H,4-9,18H2,1-3H3,(H2,19,25)(H,20,24)(H,21,27)(H,22,26)/t12-,13-,14+/m0/s1. The Kier molecular flexibility index (Phi) is 12.0. The van der Waals surface area contributed by atoms with Crippen molar-refractivity contribution in [2.24, 2.45) is 17.4 Å². The third-order valence-corrected chi connectivity index (χ3v) is 3.82. The minimum atomic E-state index is -1.17. The van der Waals surface area contributed by atoms with Crippen molar-refractivity contribution in [2.75, 3.05) is 13.2 Å². The van der Waals surface area contributed by atoms with Crippen LogP contribution < -0.4 is 27.4 Å². The Morgan fingerprint density at radius 3 is 1.93 bits per heavy atom. The monoisotopic (exact) mass is 387 g/mol. The molecule has 0 aliphatic rings. The quantitative estimate of drug-likeness (QED) is 0.201. The molecule has 0 unspecified atom stereocenters. The van der Waals surface area contributed by atoms with Crippen molar-refractivity contribution >= 4 is 23.6 Å². The maximum absolute atomic E-state index is 12.6. The van der Waals surface area contributed by atoms with Crippen LogP contribution in [0.4, 0.5) is 0 Å². The minimum Gasteiger partial charge on any atom is -0.394 e. The van der Waals surface area contributed by atoms with Gasteiger partial charge in [-0.3, -0.25) is 19.2 Å². The zero-order valence-electron chi connectivity index (χ0n) is 16.3. The van der Waals surface area contributed by atoms with Crippen LogP contribution in [0.5, 0.6) is 0 Å². The van der Waals surface area contributed by atoms with Crippen LogP contribution in [0, 0.1) is 5.92 Å². The highest BCUT2D eigenvalue weighted by molar-refractivity contribution is 5.93. The SMILES string of the molecule is CC(=O)N[C@H](CO)C(=O)N[C@@H](CCCCN)C(=O)N[C@@H](CC(C)C)C(N)=O. The van der Waals surface area contributed by atoms with Crippen LogP contribution >= 0.6 is 0 Å². The summed E-state index contributed by atoms with van der Waals surface area (Å²) in [5.41, 5.74) is 10.8. The van der Waals surface area contributed by atoms with Crippen LogP contribution in [0.25, 0.3) is 0 Å². The first-order chi connectivity index (χ1) is 12.6. The summed E-state index contributed by atoms with van der Waals surface area (Å²) >= 11 is 0. The molecule has 0 saturated heterocycles. The van der Waals surface area contributed by atoms with E-state index in [0.29, 0.717) is 32.2 Å². The van der Waals surface area contributed by atoms with Crippen LogP contribution in [-0.2, 0) is 19.2 Å². The van der Waals surface area contributed by atoms with Gasteiger partial charge in [0.05, 0.1) is 6.61 Å². The molecule has 0 aromatic carbocycles. The van der Waals surface area contributed by atoms with Crippen LogP contribution in [0.1, 0.15) is 46.5 Å². The van der Waals surface area contributed by atoms with Crippen LogP contribution in [0.2, 0.25) is 0 Å². The Bertz CT molecular complexity index is 512. The molecule has 0 aliphatic carbocycles. The molecule has 10 nitrogen and oxygen atoms in total. The second-order valence-electron chi connectivity index (χ2n) is 6.87. The van der Waals surface area contributed by atoms with E-state index in [2.05, 4.69) is 16.0 Å². The predicted octanol–water partition coefficient (Wildman–Crippen LogP) is -1.89. The molecule has 0 saturated carbocycles. The first kappa shape index (κ1) is 24.8. The van der Waals surface area contributed by atoms with E-state index >= 15 is 0 Å². The second-order valence-corrected chi connectivity index (χ2v) is 6.87. The van der Waals surface area contributed by atoms with E-state index in [9.17, 15) is 24.3 Å². The number of hydrogen-bond donors (Lipinski definition) is 6. The number of carbonyl (C=O) groups is 4. The Morgan fingerprint density at radius 2 is 1.48 bits per heavy atom. The molecular weight excluding hydrogens is 354 g/mol. The van der Waals surface area contributed by atoms with E-state index in [1.54, 1.807) is 0 Å². The number of amides is 4. The van der Waals surface area contributed by atoms with E-state index in [1.165, 1.54) is 6.92 Å². The highest BCUT2D eigenvalue weighted by Crippen LogP contribution is 2.07. The molecule has 0 aromatic heterocycles. The Labute approximate surface area is 159 Å². The molecule has 8 N–H and O–H groups in total. The molecule has 3 atom stereocenters. The molecule has 10 heteroatoms. The van der Waals surface area contributed by atoms with E-state index in [-0.39, 0.29) is 5.92 Å². The highest BCUT2D eigenvalue weighted by atomic mass is 16.3. The molecule has 0 aliphatic heterocycles. The van der Waals surface area contributed by atoms with Gasteiger partial charge in [-0.05, 0) is 38.1 Å². The normalized spacial score (nSPS) is 14.1. The first-order valence-corrected chi connectivity index (χ1v) is 9.10. The lowest BCUT2D eigenvalue weighted by Gasteiger charge is -2.24. The van der Waals surface area contributed by atoms with Crippen molar-refractivity contribution in [1.82, 2.24) is 16.0 Å². The lowest BCUT2D eigenvalue weighted by molar-refractivity contribution is -0.133. The number of aliphatic hydroxyl groups excluding tert-OH is 1. The van der Waals surface area contributed by atoms with Gasteiger partial charge in [-0.25, -0.2) is 0 Å². The lowest BCUT2D eigenvalue weighted by atomic mass is 10.0. The van der Waals surface area contributed by atoms with Gasteiger partial charge in [0.15, 0.2) is 0 Å². The number of rotatable bonds is 13. The predicted molar refractivity (Wildman–Crippen MR) is 100 cm³/mol. The number of aliphatic hydroxyl groups is 1. The van der Waals surface area contributed by atoms with Gasteiger partial charge in [-0.1, -0.05) is 13.8 Å². The van der Waals surface area contributed by atoms with Gasteiger partial charge in [0.25, 0.3) is 0 Å². The van der Waals surface area contributed by atoms with Gasteiger partial charge in [0.1, 0.15) is 18.1 Å². The lowest BCUT2D eigenvalue weighted by Crippen LogP contribution is -2.57. The maximum Gasteiger partial charge on any atom is 0.245 e. The molecule has 156 valence electrons. The topological polar surface area (TPSA) is 177 Å². The maximum atomic E-state index is 12.6. The van der Waals surface area contributed by atoms with Crippen molar-refractivity contribution in [3.8, 4) is 0 Å². The summed E-state index contributed by atoms with van der Waals surface area (Å²) in [5.74, 6) is -2.26. The van der Waals surface area contributed by atoms with Gasteiger partial charge in [-0.15, -0.1) is 0 Å². The summed E-state index contributed by atoms with van der Waals surface area (Å²) in [4.78, 5) is 47.6. The summed E-state index contributed by atoms with van der Waals surface area (Å²) < 4.78 is 0. The fourth-order valence-corrected chi connectivity index (χ4v) is 2.46. The van der Waals surface area contributed by atoms with Gasteiger partial charge in [0, 0.05) is 6.92 Å². The number of primary amides is 1. The molecule has 0 spiro atoms. The average molecular weight is 387 g/mol. The number of unbranched alkanes of at least 4 members (excludes halogenated alkanes) is 1. The third kappa shape index (κ3) is 10.5. The molecule has 0 radical (unpaired) electrons. The summed E-state index contributed by atoms with van der Waals surface area (Å²) in [6, 6.07) is -2.97. The van der Waals surface area contributed by atoms with Crippen molar-refractivity contribution < 1.29 is 24.3 Å². The summed E-state index contributed by atoms with van der Waals surface area (Å²) in [6.07, 6.45) is 1.89. The molecule has 0 fully saturated rings. The first-order valence-electron chi connectivity index (χ1n) is 9.10. The van der Waals surface area contributed by atoms with E-state index in [4.69, 9.17) is 11.5 Å². The summed E-state index contributed by atoms with van der Waals surface area (Å²) in [6.45, 7) is 4.82. The van der Waals surface area contributed by atoms with Gasteiger partial charge in [-0.2, -0.15) is 0 Å². The van der Waals surface area contributed by atoms with E-state index < -0.39 is 48.4 Å². The number of nitrogens with two attached hydrogens (primary N) is 2. The smallest absolute Gasteiger partial charge is 0.245 e. The van der Waals surface area contributed by atoms with Crippen LogP contribution in [-0.4, -0.2) is 60.0 Å². The average Bonchev–Trinajstić information content (AvgIpc) is 2.57. The van der Waals surface area contributed by atoms with Crippen molar-refractivity contribution in [3.63, 3.8) is 0 Å². The molecule has 27 heavy (non-hydrogen) atoms. The third-order valence-electron chi connectivity index (χ3n) is 3.82. The molecule has 4 amide bonds. The molecule has 0 aromatic rings. The zero-order valence-corrected chi connectivity index (χ0v) is 16.3. The van der Waals surface area contributed by atoms with Crippen LogP contribution in [0.15, 0.2) is 0 Å². The number of hydrogen-bond acceptors (Lipinski definition) is 6. The fraction of sp³-hybridized carbons (Fsp3) is 0.765. The fourth-order valence-electron chi connectivity index (χ4n) is 2.46. The number of carbonyl (C=O) groups excluding carboxylic acids is 4. The second kappa shape index (κ2) is 13.0. The van der Waals surface area contributed by atoms with Crippen molar-refractivity contribution in [1.29, 1.82) is 0 Å². The summed E-state index contributed by atoms with van der Waals surface area (Å²) in [7, 11) is 0. The Hall–Kier alpha value is -2.20. The van der Waals surface area contributed by atoms with Gasteiger partial charge >= 0.3 is 0 Å². The Morgan fingerprint density at radius 1 is 0.926 bits per heavy atom. The molecule has 0 rings (SSSR count). The minimum absolute atomic E-state index is 0.131. The summed E-state index contributed by atoms with van der Waals surface area (Å²) in [5, 5.41) is 16.7. The molecule has 0 heterocycles. The number of nitrogens with one attached hydrogen (secondary N) is 3. The largest absolute Gasteiger partial charge is 0.394 e. The van der Waals surface area contributed by atoms with Gasteiger partial charge < -0.3 is 32.5 Å². The highest BCUT2D eigenvalue weighted by Gasteiger charge is 2.28. The van der Waals surface area contributed by atoms with Gasteiger partial charge in [0.2, 0.25) is 23.6 Å². The Balaban J connectivity index is 5.14. The van der Waals surface area contributed by atoms with Crippen LogP contribution in [0.3, 0.4) is 0 Å². The van der Waals surface area contributed by atoms with Crippen molar-refractivity contribution in [2.45, 2.75) is 64.6 Å². The van der Waals surface area contributed by atoms with Crippen molar-refractivity contribution in [3.05, 3.63) is 0 Å². The molecular formula is C17H33N5O5.